The van der Waals surface area contributed by atoms with Gasteiger partial charge in [-0.25, -0.2) is 0 Å². The molecular weight excluding hydrogens is 697 g/mol. The molecule has 7 rings (SSSR count). The van der Waals surface area contributed by atoms with E-state index in [1.165, 1.54) is 33.4 Å². The molecule has 0 saturated carbocycles. The van der Waals surface area contributed by atoms with Gasteiger partial charge in [0.25, 0.3) is 0 Å². The summed E-state index contributed by atoms with van der Waals surface area (Å²) in [5, 5.41) is 0. The van der Waals surface area contributed by atoms with Crippen LogP contribution in [0.2, 0.25) is 0 Å². The smallest absolute Gasteiger partial charge is 0.205 e. The summed E-state index contributed by atoms with van der Waals surface area (Å²) in [6.45, 7) is 24.7. The third kappa shape index (κ3) is 7.43. The van der Waals surface area contributed by atoms with Crippen LogP contribution in [0.5, 0.6) is 34.5 Å². The Kier molecular flexibility index (Phi) is 11.0. The van der Waals surface area contributed by atoms with Crippen molar-refractivity contribution in [2.75, 3.05) is 0 Å². The first-order chi connectivity index (χ1) is 26.7. The van der Waals surface area contributed by atoms with Crippen molar-refractivity contribution in [2.45, 2.75) is 133 Å². The maximum atomic E-state index is 6.87. The second kappa shape index (κ2) is 15.8. The van der Waals surface area contributed by atoms with Crippen molar-refractivity contribution in [3.8, 4) is 79.0 Å². The zero-order chi connectivity index (χ0) is 40.0. The Bertz CT molecular complexity index is 2090. The molecule has 6 nitrogen and oxygen atoms in total. The van der Waals surface area contributed by atoms with Crippen LogP contribution in [0.1, 0.15) is 105 Å². The molecule has 5 aromatic rings. The van der Waals surface area contributed by atoms with Gasteiger partial charge < -0.3 is 28.4 Å². The van der Waals surface area contributed by atoms with E-state index in [1.54, 1.807) is 0 Å². The first-order valence-corrected chi connectivity index (χ1v) is 20.5. The van der Waals surface area contributed by atoms with E-state index < -0.39 is 0 Å². The Morgan fingerprint density at radius 1 is 0.339 bits per heavy atom. The summed E-state index contributed by atoms with van der Waals surface area (Å²) in [4.78, 5) is 0. The Morgan fingerprint density at radius 3 is 0.982 bits per heavy atom. The van der Waals surface area contributed by atoms with E-state index in [2.05, 4.69) is 156 Å². The van der Waals surface area contributed by atoms with E-state index in [-0.39, 0.29) is 36.6 Å². The minimum absolute atomic E-state index is 0.0713. The summed E-state index contributed by atoms with van der Waals surface area (Å²) >= 11 is 0. The van der Waals surface area contributed by atoms with Crippen molar-refractivity contribution in [1.82, 2.24) is 0 Å². The molecule has 0 atom stereocenters. The van der Waals surface area contributed by atoms with Crippen molar-refractivity contribution >= 4 is 0 Å². The van der Waals surface area contributed by atoms with E-state index in [4.69, 9.17) is 28.4 Å². The Hall–Kier alpha value is -5.10. The van der Waals surface area contributed by atoms with Crippen LogP contribution in [0.15, 0.2) is 72.8 Å². The maximum Gasteiger partial charge on any atom is 0.205 e. The molecule has 6 heteroatoms. The number of fused-ring (bicyclic) bond motifs is 6. The maximum absolute atomic E-state index is 6.87. The average molecular weight is 755 g/mol. The van der Waals surface area contributed by atoms with Gasteiger partial charge in [-0.15, -0.1) is 0 Å². The van der Waals surface area contributed by atoms with Crippen LogP contribution >= 0.6 is 0 Å². The zero-order valence-electron chi connectivity index (χ0n) is 35.3. The number of hydrogen-bond acceptors (Lipinski definition) is 6. The van der Waals surface area contributed by atoms with Crippen molar-refractivity contribution < 1.29 is 28.4 Å². The first-order valence-electron chi connectivity index (χ1n) is 20.5. The highest BCUT2D eigenvalue weighted by Gasteiger charge is 2.37. The van der Waals surface area contributed by atoms with Crippen LogP contribution < -0.4 is 28.4 Å². The van der Waals surface area contributed by atoms with E-state index in [9.17, 15) is 0 Å². The molecular formula is C50H58O6. The molecule has 0 bridgehead atoms. The van der Waals surface area contributed by atoms with Crippen molar-refractivity contribution in [1.29, 1.82) is 0 Å². The molecule has 0 amide bonds. The number of rotatable bonds is 14. The van der Waals surface area contributed by atoms with Crippen LogP contribution in [0, 0.1) is 0 Å². The van der Waals surface area contributed by atoms with Crippen molar-refractivity contribution in [2.24, 2.45) is 0 Å². The Morgan fingerprint density at radius 2 is 0.643 bits per heavy atom. The van der Waals surface area contributed by atoms with Gasteiger partial charge in [-0.2, -0.15) is 0 Å². The minimum atomic E-state index is -0.114. The third-order valence-corrected chi connectivity index (χ3v) is 9.81. The van der Waals surface area contributed by atoms with Crippen molar-refractivity contribution in [3.63, 3.8) is 0 Å². The fourth-order valence-corrected chi connectivity index (χ4v) is 8.12. The summed E-state index contributed by atoms with van der Waals surface area (Å²) in [6, 6.07) is 26.1. The normalized spacial score (nSPS) is 12.8. The molecule has 0 fully saturated rings. The molecule has 0 aliphatic heterocycles. The predicted molar refractivity (Wildman–Crippen MR) is 228 cm³/mol. The summed E-state index contributed by atoms with van der Waals surface area (Å²) < 4.78 is 40.7. The molecule has 2 aliphatic carbocycles. The van der Waals surface area contributed by atoms with E-state index in [0.717, 1.165) is 57.7 Å². The Labute approximate surface area is 334 Å². The molecule has 0 saturated heterocycles. The first kappa shape index (κ1) is 39.1. The van der Waals surface area contributed by atoms with Crippen LogP contribution in [0.25, 0.3) is 44.5 Å². The van der Waals surface area contributed by atoms with Gasteiger partial charge in [-0.05, 0) is 147 Å². The van der Waals surface area contributed by atoms with Gasteiger partial charge in [0.15, 0.2) is 23.0 Å². The van der Waals surface area contributed by atoms with E-state index in [0.29, 0.717) is 23.0 Å². The largest absolute Gasteiger partial charge is 0.486 e. The lowest BCUT2D eigenvalue weighted by atomic mass is 9.88. The third-order valence-electron chi connectivity index (χ3n) is 9.81. The number of hydrogen-bond donors (Lipinski definition) is 0. The van der Waals surface area contributed by atoms with Gasteiger partial charge in [-0.1, -0.05) is 66.7 Å². The van der Waals surface area contributed by atoms with Gasteiger partial charge in [0, 0.05) is 22.3 Å². The van der Waals surface area contributed by atoms with E-state index >= 15 is 0 Å². The summed E-state index contributed by atoms with van der Waals surface area (Å²) in [5.74, 6) is 4.16. The van der Waals surface area contributed by atoms with Crippen LogP contribution in [0.3, 0.4) is 0 Å². The van der Waals surface area contributed by atoms with E-state index in [1.807, 2.05) is 0 Å². The molecule has 2 aliphatic rings. The lowest BCUT2D eigenvalue weighted by Crippen LogP contribution is -2.16. The lowest BCUT2D eigenvalue weighted by molar-refractivity contribution is 0.177. The molecule has 0 unspecified atom stereocenters. The summed E-state index contributed by atoms with van der Waals surface area (Å²) in [7, 11) is 0. The zero-order valence-corrected chi connectivity index (χ0v) is 35.3. The van der Waals surface area contributed by atoms with Gasteiger partial charge in [0.05, 0.1) is 36.6 Å². The Balaban J connectivity index is 1.57. The van der Waals surface area contributed by atoms with Crippen LogP contribution in [-0.4, -0.2) is 36.6 Å². The SMILES string of the molecule is CC(C)Oc1c(OC(C)C)c(-c2cccc(-c3c4c(c(OC(C)C)c(OC(C)C)c3OC(C)C)-c3ccccc3C4)c2)c2c(c1OC(C)C)-c1ccccc1C2. The highest BCUT2D eigenvalue weighted by molar-refractivity contribution is 5.98. The van der Waals surface area contributed by atoms with Crippen LogP contribution in [-0.2, 0) is 12.8 Å². The quantitative estimate of drug-likeness (QED) is 0.110. The topological polar surface area (TPSA) is 55.4 Å². The summed E-state index contributed by atoms with van der Waals surface area (Å²) in [6.07, 6.45) is 0.898. The number of ether oxygens (including phenoxy) is 6. The fraction of sp³-hybridized carbons (Fsp3) is 0.400. The monoisotopic (exact) mass is 754 g/mol. The van der Waals surface area contributed by atoms with Gasteiger partial charge in [0.1, 0.15) is 0 Å². The van der Waals surface area contributed by atoms with Gasteiger partial charge >= 0.3 is 0 Å². The molecule has 56 heavy (non-hydrogen) atoms. The highest BCUT2D eigenvalue weighted by Crippen LogP contribution is 2.60. The average Bonchev–Trinajstić information content (AvgIpc) is 3.69. The number of benzene rings is 5. The molecule has 0 radical (unpaired) electrons. The molecule has 0 aromatic heterocycles. The van der Waals surface area contributed by atoms with Gasteiger partial charge in [0.2, 0.25) is 11.5 Å². The van der Waals surface area contributed by atoms with Crippen LogP contribution in [0.4, 0.5) is 0 Å². The summed E-state index contributed by atoms with van der Waals surface area (Å²) in [5.41, 5.74) is 13.4. The standard InChI is InChI=1S/C50H58O6/c1-27(2)51-45-41(39-25-33-18-13-15-22-37(33)43(39)47(53-29(5)6)49(45)55-31(9)10)35-20-17-21-36(24-35)42-40-26-34-19-14-16-23-38(34)44(40)48(54-30(7)8)50(56-32(11)12)46(42)52-28(3)4/h13-24,27-32H,25-26H2,1-12H3. The minimum Gasteiger partial charge on any atom is -0.486 e. The molecule has 0 heterocycles. The lowest BCUT2D eigenvalue weighted by Gasteiger charge is -2.28. The second-order valence-corrected chi connectivity index (χ2v) is 16.7. The van der Waals surface area contributed by atoms with Gasteiger partial charge in [-0.3, -0.25) is 0 Å². The van der Waals surface area contributed by atoms with Crippen molar-refractivity contribution in [3.05, 3.63) is 95.1 Å². The predicted octanol–water partition coefficient (Wildman–Crippen LogP) is 12.9. The molecule has 0 spiro atoms. The fourth-order valence-electron chi connectivity index (χ4n) is 8.12. The molecule has 5 aromatic carbocycles. The molecule has 0 N–H and O–H groups in total. The molecule has 294 valence electrons. The highest BCUT2D eigenvalue weighted by atomic mass is 16.6. The second-order valence-electron chi connectivity index (χ2n) is 16.7.